The van der Waals surface area contributed by atoms with Crippen molar-refractivity contribution in [1.29, 1.82) is 5.26 Å². The summed E-state index contributed by atoms with van der Waals surface area (Å²) >= 11 is 0. The number of methoxy groups -OCH3 is 1. The van der Waals surface area contributed by atoms with Gasteiger partial charge >= 0.3 is 0 Å². The second-order valence-corrected chi connectivity index (χ2v) is 5.62. The lowest BCUT2D eigenvalue weighted by Crippen LogP contribution is -2.17. The number of nitro benzene ring substituents is 1. The van der Waals surface area contributed by atoms with Crippen molar-refractivity contribution in [3.05, 3.63) is 75.5 Å². The summed E-state index contributed by atoms with van der Waals surface area (Å²) < 4.78 is 5.05. The van der Waals surface area contributed by atoms with E-state index in [-0.39, 0.29) is 29.3 Å². The molecule has 0 aliphatic carbocycles. The first-order valence-electron chi connectivity index (χ1n) is 8.14. The van der Waals surface area contributed by atoms with E-state index in [4.69, 9.17) is 9.84 Å². The number of non-ortho nitro benzene ring substituents is 1. The van der Waals surface area contributed by atoms with Crippen LogP contribution in [0.1, 0.15) is 11.1 Å². The number of aliphatic hydroxyl groups excluding tert-OH is 1. The standard InChI is InChI=1S/C19H18N4O5/c1-28-18-8-16(23(26)27)6-7-17(18)22-19(25)15(9-20)11-21-10-13-2-4-14(12-24)5-3-13/h2-8,11,21,24H,10,12H2,1H3,(H,22,25)/b15-11-. The van der Waals surface area contributed by atoms with Crippen LogP contribution in [0, 0.1) is 21.4 Å². The van der Waals surface area contributed by atoms with Gasteiger partial charge in [-0.2, -0.15) is 5.26 Å². The number of carbonyl (C=O) groups is 1. The monoisotopic (exact) mass is 382 g/mol. The van der Waals surface area contributed by atoms with Crippen LogP contribution in [0.4, 0.5) is 11.4 Å². The number of nitro groups is 1. The summed E-state index contributed by atoms with van der Waals surface area (Å²) in [5.74, 6) is -0.574. The summed E-state index contributed by atoms with van der Waals surface area (Å²) in [7, 11) is 1.32. The number of benzene rings is 2. The normalized spacial score (nSPS) is 10.7. The van der Waals surface area contributed by atoms with Crippen LogP contribution in [-0.2, 0) is 17.9 Å². The smallest absolute Gasteiger partial charge is 0.273 e. The number of ether oxygens (including phenoxy) is 1. The molecule has 3 N–H and O–H groups in total. The molecule has 0 spiro atoms. The Labute approximate surface area is 161 Å². The number of nitrogens with one attached hydrogen (secondary N) is 2. The molecule has 2 aromatic carbocycles. The average Bonchev–Trinajstić information content (AvgIpc) is 2.71. The summed E-state index contributed by atoms with van der Waals surface area (Å²) in [6.07, 6.45) is 1.28. The van der Waals surface area contributed by atoms with E-state index in [1.807, 2.05) is 12.1 Å². The molecule has 0 unspecified atom stereocenters. The van der Waals surface area contributed by atoms with Crippen molar-refractivity contribution in [2.45, 2.75) is 13.2 Å². The van der Waals surface area contributed by atoms with E-state index in [0.717, 1.165) is 11.1 Å². The predicted molar refractivity (Wildman–Crippen MR) is 101 cm³/mol. The van der Waals surface area contributed by atoms with E-state index in [2.05, 4.69) is 10.6 Å². The van der Waals surface area contributed by atoms with E-state index < -0.39 is 10.8 Å². The summed E-state index contributed by atoms with van der Waals surface area (Å²) in [6.45, 7) is 0.337. The largest absolute Gasteiger partial charge is 0.494 e. The topological polar surface area (TPSA) is 138 Å². The van der Waals surface area contributed by atoms with E-state index in [1.165, 1.54) is 31.5 Å². The van der Waals surface area contributed by atoms with Crippen molar-refractivity contribution in [3.8, 4) is 11.8 Å². The van der Waals surface area contributed by atoms with Crippen molar-refractivity contribution in [3.63, 3.8) is 0 Å². The van der Waals surface area contributed by atoms with Crippen molar-refractivity contribution in [1.82, 2.24) is 5.32 Å². The van der Waals surface area contributed by atoms with Gasteiger partial charge in [-0.1, -0.05) is 24.3 Å². The van der Waals surface area contributed by atoms with Crippen LogP contribution in [0.2, 0.25) is 0 Å². The van der Waals surface area contributed by atoms with Crippen LogP contribution in [0.25, 0.3) is 0 Å². The first kappa shape index (κ1) is 20.4. The molecule has 0 fully saturated rings. The van der Waals surface area contributed by atoms with Gasteiger partial charge in [-0.25, -0.2) is 0 Å². The lowest BCUT2D eigenvalue weighted by Gasteiger charge is -2.09. The molecule has 144 valence electrons. The predicted octanol–water partition coefficient (Wildman–Crippen LogP) is 2.23. The molecule has 9 heteroatoms. The minimum Gasteiger partial charge on any atom is -0.494 e. The number of hydrogen-bond acceptors (Lipinski definition) is 7. The highest BCUT2D eigenvalue weighted by Gasteiger charge is 2.15. The highest BCUT2D eigenvalue weighted by Crippen LogP contribution is 2.29. The van der Waals surface area contributed by atoms with Gasteiger partial charge in [0.15, 0.2) is 0 Å². The molecular weight excluding hydrogens is 364 g/mol. The lowest BCUT2D eigenvalue weighted by molar-refractivity contribution is -0.384. The van der Waals surface area contributed by atoms with Gasteiger partial charge in [-0.15, -0.1) is 0 Å². The van der Waals surface area contributed by atoms with Crippen molar-refractivity contribution in [2.24, 2.45) is 0 Å². The van der Waals surface area contributed by atoms with E-state index in [9.17, 15) is 20.2 Å². The lowest BCUT2D eigenvalue weighted by atomic mass is 10.1. The maximum absolute atomic E-state index is 12.3. The molecule has 0 atom stereocenters. The molecule has 9 nitrogen and oxygen atoms in total. The number of anilines is 1. The summed E-state index contributed by atoms with van der Waals surface area (Å²) in [5.41, 5.74) is 1.54. The SMILES string of the molecule is COc1cc([N+](=O)[O-])ccc1NC(=O)/C(C#N)=C\NCc1ccc(CO)cc1. The zero-order valence-electron chi connectivity index (χ0n) is 15.0. The molecule has 1 amide bonds. The quantitative estimate of drug-likeness (QED) is 0.275. The molecule has 2 rings (SSSR count). The van der Waals surface area contributed by atoms with Crippen LogP contribution in [-0.4, -0.2) is 23.0 Å². The number of nitrogens with zero attached hydrogens (tertiary/aromatic N) is 2. The number of nitriles is 1. The zero-order valence-corrected chi connectivity index (χ0v) is 15.0. The van der Waals surface area contributed by atoms with Crippen LogP contribution in [0.15, 0.2) is 54.2 Å². The molecule has 0 heterocycles. The Morgan fingerprint density at radius 3 is 2.54 bits per heavy atom. The fraction of sp³-hybridized carbons (Fsp3) is 0.158. The Bertz CT molecular complexity index is 932. The Kier molecular flexibility index (Phi) is 7.07. The van der Waals surface area contributed by atoms with Crippen molar-refractivity contribution < 1.29 is 19.6 Å². The molecule has 0 radical (unpaired) electrons. The van der Waals surface area contributed by atoms with Crippen LogP contribution < -0.4 is 15.4 Å². The van der Waals surface area contributed by atoms with Gasteiger partial charge in [-0.05, 0) is 17.2 Å². The van der Waals surface area contributed by atoms with Gasteiger partial charge in [0.25, 0.3) is 11.6 Å². The third-order valence-electron chi connectivity index (χ3n) is 3.77. The van der Waals surface area contributed by atoms with E-state index >= 15 is 0 Å². The summed E-state index contributed by atoms with van der Waals surface area (Å²) in [5, 5.41) is 34.4. The Hall–Kier alpha value is -3.90. The van der Waals surface area contributed by atoms with Gasteiger partial charge in [0.05, 0.1) is 30.4 Å². The number of aliphatic hydroxyl groups is 1. The molecule has 0 aromatic heterocycles. The molecule has 0 aliphatic rings. The zero-order chi connectivity index (χ0) is 20.5. The highest BCUT2D eigenvalue weighted by molar-refractivity contribution is 6.07. The van der Waals surface area contributed by atoms with Gasteiger partial charge < -0.3 is 20.5 Å². The van der Waals surface area contributed by atoms with Crippen LogP contribution in [0.3, 0.4) is 0 Å². The fourth-order valence-electron chi connectivity index (χ4n) is 2.27. The minimum atomic E-state index is -0.683. The first-order chi connectivity index (χ1) is 13.5. The van der Waals surface area contributed by atoms with E-state index in [1.54, 1.807) is 18.2 Å². The molecule has 0 aliphatic heterocycles. The van der Waals surface area contributed by atoms with Gasteiger partial charge in [0.2, 0.25) is 0 Å². The second-order valence-electron chi connectivity index (χ2n) is 5.62. The maximum Gasteiger partial charge on any atom is 0.273 e. The average molecular weight is 382 g/mol. The Balaban J connectivity index is 2.05. The molecule has 2 aromatic rings. The maximum atomic E-state index is 12.3. The second kappa shape index (κ2) is 9.70. The highest BCUT2D eigenvalue weighted by atomic mass is 16.6. The number of rotatable bonds is 8. The molecule has 0 bridgehead atoms. The summed E-state index contributed by atoms with van der Waals surface area (Å²) in [6, 6.07) is 12.7. The molecule has 28 heavy (non-hydrogen) atoms. The van der Waals surface area contributed by atoms with E-state index in [0.29, 0.717) is 6.54 Å². The fourth-order valence-corrected chi connectivity index (χ4v) is 2.27. The third kappa shape index (κ3) is 5.30. The number of amides is 1. The Morgan fingerprint density at radius 2 is 1.96 bits per heavy atom. The van der Waals surface area contributed by atoms with Crippen molar-refractivity contribution >= 4 is 17.3 Å². The van der Waals surface area contributed by atoms with Gasteiger partial charge in [-0.3, -0.25) is 14.9 Å². The number of hydrogen-bond donors (Lipinski definition) is 3. The molecule has 0 saturated carbocycles. The third-order valence-corrected chi connectivity index (χ3v) is 3.77. The molecule has 0 saturated heterocycles. The van der Waals surface area contributed by atoms with Gasteiger partial charge in [0.1, 0.15) is 17.4 Å². The first-order valence-corrected chi connectivity index (χ1v) is 8.14. The molecular formula is C19H18N4O5. The van der Waals surface area contributed by atoms with Crippen LogP contribution in [0.5, 0.6) is 5.75 Å². The van der Waals surface area contributed by atoms with Crippen LogP contribution >= 0.6 is 0 Å². The van der Waals surface area contributed by atoms with Gasteiger partial charge in [0, 0.05) is 18.8 Å². The number of carbonyl (C=O) groups excluding carboxylic acids is 1. The summed E-state index contributed by atoms with van der Waals surface area (Å²) in [4.78, 5) is 22.5. The Morgan fingerprint density at radius 1 is 1.29 bits per heavy atom. The van der Waals surface area contributed by atoms with Crippen molar-refractivity contribution in [2.75, 3.05) is 12.4 Å². The minimum absolute atomic E-state index is 0.0432.